The van der Waals surface area contributed by atoms with Crippen molar-refractivity contribution < 1.29 is 9.53 Å². The van der Waals surface area contributed by atoms with Gasteiger partial charge < -0.3 is 9.64 Å². The van der Waals surface area contributed by atoms with Gasteiger partial charge in [0.05, 0.1) is 0 Å². The van der Waals surface area contributed by atoms with E-state index in [9.17, 15) is 4.79 Å². The third kappa shape index (κ3) is 2.11. The molecule has 4 bridgehead atoms. The standard InChI is InChI=1S/C14H22ClNO2/c1-13(2,3)18-12(17)16-10-4-9-5-11(16)8-14(15,6-9)7-10/h9-11H,4-8H2,1-3H3. The minimum Gasteiger partial charge on any atom is -0.444 e. The summed E-state index contributed by atoms with van der Waals surface area (Å²) in [7, 11) is 0. The van der Waals surface area contributed by atoms with Gasteiger partial charge in [0.25, 0.3) is 0 Å². The minimum atomic E-state index is -0.412. The van der Waals surface area contributed by atoms with Crippen LogP contribution in [0.15, 0.2) is 0 Å². The predicted molar refractivity (Wildman–Crippen MR) is 70.8 cm³/mol. The third-order valence-electron chi connectivity index (χ3n) is 4.46. The zero-order valence-corrected chi connectivity index (χ0v) is 12.2. The van der Waals surface area contributed by atoms with E-state index >= 15 is 0 Å². The number of hydrogen-bond acceptors (Lipinski definition) is 2. The Kier molecular flexibility index (Phi) is 2.64. The number of piperidine rings is 2. The largest absolute Gasteiger partial charge is 0.444 e. The maximum absolute atomic E-state index is 12.3. The molecule has 0 aromatic carbocycles. The SMILES string of the molecule is CC(C)(C)OC(=O)N1C2CC3CC1CC(Cl)(C3)C2. The molecule has 0 N–H and O–H groups in total. The van der Waals surface area contributed by atoms with E-state index in [1.54, 1.807) is 0 Å². The number of rotatable bonds is 0. The molecular weight excluding hydrogens is 250 g/mol. The van der Waals surface area contributed by atoms with E-state index < -0.39 is 5.60 Å². The van der Waals surface area contributed by atoms with Crippen LogP contribution < -0.4 is 0 Å². The summed E-state index contributed by atoms with van der Waals surface area (Å²) < 4.78 is 5.54. The smallest absolute Gasteiger partial charge is 0.410 e. The Morgan fingerprint density at radius 1 is 1.22 bits per heavy atom. The normalized spacial score (nSPS) is 42.2. The first-order chi connectivity index (χ1) is 8.26. The molecule has 4 heteroatoms. The lowest BCUT2D eigenvalue weighted by Gasteiger charge is -2.59. The van der Waals surface area contributed by atoms with Crippen molar-refractivity contribution in [3.8, 4) is 0 Å². The van der Waals surface area contributed by atoms with E-state index in [0.717, 1.165) is 38.0 Å². The van der Waals surface area contributed by atoms with Gasteiger partial charge >= 0.3 is 6.09 Å². The Balaban J connectivity index is 1.77. The molecule has 0 spiro atoms. The van der Waals surface area contributed by atoms with Crippen molar-refractivity contribution in [2.24, 2.45) is 5.92 Å². The lowest BCUT2D eigenvalue weighted by molar-refractivity contribution is -0.0608. The first-order valence-electron chi connectivity index (χ1n) is 6.96. The van der Waals surface area contributed by atoms with Gasteiger partial charge in [-0.1, -0.05) is 0 Å². The lowest BCUT2D eigenvalue weighted by atomic mass is 9.63. The van der Waals surface area contributed by atoms with Crippen molar-refractivity contribution >= 4 is 17.7 Å². The van der Waals surface area contributed by atoms with Crippen LogP contribution in [0, 0.1) is 5.92 Å². The van der Waals surface area contributed by atoms with Crippen molar-refractivity contribution in [2.75, 3.05) is 0 Å². The Labute approximate surface area is 114 Å². The zero-order valence-electron chi connectivity index (χ0n) is 11.4. The molecule has 4 rings (SSSR count). The van der Waals surface area contributed by atoms with Gasteiger partial charge in [0, 0.05) is 17.0 Å². The van der Waals surface area contributed by atoms with E-state index in [2.05, 4.69) is 0 Å². The molecule has 0 aromatic rings. The van der Waals surface area contributed by atoms with E-state index in [0.29, 0.717) is 12.1 Å². The van der Waals surface area contributed by atoms with Crippen LogP contribution in [-0.4, -0.2) is 33.6 Å². The van der Waals surface area contributed by atoms with Crippen LogP contribution in [0.5, 0.6) is 0 Å². The maximum Gasteiger partial charge on any atom is 0.410 e. The van der Waals surface area contributed by atoms with Gasteiger partial charge in [0.1, 0.15) is 5.60 Å². The summed E-state index contributed by atoms with van der Waals surface area (Å²) in [6.07, 6.45) is 5.12. The molecule has 2 unspecified atom stereocenters. The van der Waals surface area contributed by atoms with Crippen LogP contribution in [-0.2, 0) is 4.74 Å². The molecule has 1 amide bonds. The molecule has 2 aliphatic carbocycles. The van der Waals surface area contributed by atoms with E-state index in [4.69, 9.17) is 16.3 Å². The molecule has 4 aliphatic rings. The molecule has 4 fully saturated rings. The molecule has 0 radical (unpaired) electrons. The topological polar surface area (TPSA) is 29.5 Å². The van der Waals surface area contributed by atoms with Crippen molar-refractivity contribution in [2.45, 2.75) is 75.4 Å². The van der Waals surface area contributed by atoms with Gasteiger partial charge in [-0.2, -0.15) is 0 Å². The number of hydrogen-bond donors (Lipinski definition) is 0. The molecule has 2 saturated heterocycles. The molecule has 0 aromatic heterocycles. The van der Waals surface area contributed by atoms with Gasteiger partial charge in [-0.3, -0.25) is 0 Å². The molecule has 2 atom stereocenters. The van der Waals surface area contributed by atoms with Crippen LogP contribution in [0.25, 0.3) is 0 Å². The number of ether oxygens (including phenoxy) is 1. The predicted octanol–water partition coefficient (Wildman–Crippen LogP) is 3.55. The van der Waals surface area contributed by atoms with E-state index in [-0.39, 0.29) is 11.0 Å². The quantitative estimate of drug-likeness (QED) is 0.631. The number of nitrogens with zero attached hydrogens (tertiary/aromatic N) is 1. The second kappa shape index (κ2) is 3.78. The van der Waals surface area contributed by atoms with Gasteiger partial charge in [-0.15, -0.1) is 11.6 Å². The highest BCUT2D eigenvalue weighted by Crippen LogP contribution is 2.54. The molecule has 18 heavy (non-hydrogen) atoms. The maximum atomic E-state index is 12.3. The number of carbonyl (C=O) groups excluding carboxylic acids is 1. The Morgan fingerprint density at radius 2 is 1.78 bits per heavy atom. The fourth-order valence-corrected chi connectivity index (χ4v) is 4.72. The monoisotopic (exact) mass is 271 g/mol. The molecule has 102 valence electrons. The van der Waals surface area contributed by atoms with Gasteiger partial charge in [0.2, 0.25) is 0 Å². The summed E-state index contributed by atoms with van der Waals surface area (Å²) in [4.78, 5) is 14.3. The van der Waals surface area contributed by atoms with Gasteiger partial charge in [-0.25, -0.2) is 4.79 Å². The highest BCUT2D eigenvalue weighted by molar-refractivity contribution is 6.24. The molecule has 3 nitrogen and oxygen atoms in total. The van der Waals surface area contributed by atoms with E-state index in [1.807, 2.05) is 25.7 Å². The summed E-state index contributed by atoms with van der Waals surface area (Å²) in [6, 6.07) is 0.618. The highest BCUT2D eigenvalue weighted by atomic mass is 35.5. The number of carbonyl (C=O) groups is 1. The average molecular weight is 272 g/mol. The minimum absolute atomic E-state index is 0.0327. The molecule has 2 aliphatic heterocycles. The highest BCUT2D eigenvalue weighted by Gasteiger charge is 2.55. The summed E-state index contributed by atoms with van der Waals surface area (Å²) in [5.74, 6) is 0.721. The first kappa shape index (κ1) is 12.6. The van der Waals surface area contributed by atoms with Gasteiger partial charge in [-0.05, 0) is 58.8 Å². The van der Waals surface area contributed by atoms with Crippen LogP contribution in [0.3, 0.4) is 0 Å². The van der Waals surface area contributed by atoms with Crippen LogP contribution in [0.2, 0.25) is 0 Å². The van der Waals surface area contributed by atoms with Crippen molar-refractivity contribution in [1.82, 2.24) is 4.90 Å². The molecule has 2 saturated carbocycles. The Hall–Kier alpha value is -0.440. The fourth-order valence-electron chi connectivity index (χ4n) is 4.15. The lowest BCUT2D eigenvalue weighted by Crippen LogP contribution is -2.64. The van der Waals surface area contributed by atoms with Crippen LogP contribution >= 0.6 is 11.6 Å². The van der Waals surface area contributed by atoms with Crippen molar-refractivity contribution in [3.05, 3.63) is 0 Å². The Bertz CT molecular complexity index is 360. The molecular formula is C14H22ClNO2. The third-order valence-corrected chi connectivity index (χ3v) is 4.92. The summed E-state index contributed by atoms with van der Waals surface area (Å²) >= 11 is 6.66. The Morgan fingerprint density at radius 3 is 2.22 bits per heavy atom. The number of halogens is 1. The zero-order chi connectivity index (χ0) is 13.1. The number of amides is 1. The van der Waals surface area contributed by atoms with Crippen molar-refractivity contribution in [3.63, 3.8) is 0 Å². The van der Waals surface area contributed by atoms with Crippen molar-refractivity contribution in [1.29, 1.82) is 0 Å². The van der Waals surface area contributed by atoms with Crippen LogP contribution in [0.4, 0.5) is 4.79 Å². The number of alkyl halides is 1. The first-order valence-corrected chi connectivity index (χ1v) is 7.34. The summed E-state index contributed by atoms with van der Waals surface area (Å²) in [5.41, 5.74) is -0.412. The van der Waals surface area contributed by atoms with Gasteiger partial charge in [0.15, 0.2) is 0 Å². The summed E-state index contributed by atoms with van der Waals surface area (Å²) in [6.45, 7) is 5.77. The second-order valence-electron chi connectivity index (χ2n) is 7.30. The molecule has 2 heterocycles. The van der Waals surface area contributed by atoms with Crippen LogP contribution in [0.1, 0.15) is 52.9 Å². The second-order valence-corrected chi connectivity index (χ2v) is 8.10. The average Bonchev–Trinajstić information content (AvgIpc) is 2.09. The van der Waals surface area contributed by atoms with E-state index in [1.165, 1.54) is 0 Å². The summed E-state index contributed by atoms with van der Waals surface area (Å²) in [5, 5.41) is 0. The fraction of sp³-hybridized carbons (Fsp3) is 0.929.